The molecule has 1 rings (SSSR count). The molecular formula is C8H11N3O+. The fourth-order valence-corrected chi connectivity index (χ4v) is 0.788. The number of hydrogen-bond donors (Lipinski definition) is 1. The molecule has 0 aromatic rings. The van der Waals surface area contributed by atoms with Gasteiger partial charge in [0.25, 0.3) is 12.2 Å². The van der Waals surface area contributed by atoms with Crippen molar-refractivity contribution >= 4 is 18.5 Å². The van der Waals surface area contributed by atoms with Gasteiger partial charge in [-0.2, -0.15) is 0 Å². The summed E-state index contributed by atoms with van der Waals surface area (Å²) < 4.78 is 1.71. The molecule has 0 bridgehead atoms. The quantitative estimate of drug-likeness (QED) is 0.446. The molecule has 1 aliphatic rings. The van der Waals surface area contributed by atoms with Gasteiger partial charge in [0.1, 0.15) is 0 Å². The molecule has 1 heterocycles. The zero-order valence-electron chi connectivity index (χ0n) is 6.73. The van der Waals surface area contributed by atoms with Gasteiger partial charge in [0.15, 0.2) is 12.8 Å². The molecule has 0 fully saturated rings. The molecular weight excluding hydrogens is 154 g/mol. The number of nitrogens with zero attached hydrogens (tertiary/aromatic N) is 2. The van der Waals surface area contributed by atoms with Gasteiger partial charge < -0.3 is 5.32 Å². The first-order chi connectivity index (χ1) is 5.83. The number of hydrogen-bond acceptors (Lipinski definition) is 2. The van der Waals surface area contributed by atoms with Crippen LogP contribution in [0.25, 0.3) is 0 Å². The molecule has 0 saturated carbocycles. The van der Waals surface area contributed by atoms with Crippen molar-refractivity contribution in [2.45, 2.75) is 0 Å². The van der Waals surface area contributed by atoms with Gasteiger partial charge in [-0.05, 0) is 0 Å². The van der Waals surface area contributed by atoms with Crippen LogP contribution in [-0.4, -0.2) is 36.1 Å². The molecule has 0 saturated heterocycles. The summed E-state index contributed by atoms with van der Waals surface area (Å²) in [5, 5.41) is 2.66. The van der Waals surface area contributed by atoms with Gasteiger partial charge in [0.2, 0.25) is 6.54 Å². The van der Waals surface area contributed by atoms with E-state index in [0.29, 0.717) is 13.1 Å². The van der Waals surface area contributed by atoms with E-state index in [2.05, 4.69) is 16.9 Å². The van der Waals surface area contributed by atoms with Crippen LogP contribution in [0.3, 0.4) is 0 Å². The van der Waals surface area contributed by atoms with Crippen molar-refractivity contribution in [3.8, 4) is 0 Å². The molecule has 1 N–H and O–H groups in total. The van der Waals surface area contributed by atoms with Gasteiger partial charge in [0.05, 0.1) is 0 Å². The zero-order chi connectivity index (χ0) is 8.81. The average molecular weight is 165 g/mol. The van der Waals surface area contributed by atoms with Gasteiger partial charge in [0, 0.05) is 6.54 Å². The Hall–Kier alpha value is -1.45. The van der Waals surface area contributed by atoms with E-state index >= 15 is 0 Å². The maximum Gasteiger partial charge on any atom is 0.282 e. The van der Waals surface area contributed by atoms with Crippen LogP contribution < -0.4 is 5.32 Å². The Labute approximate surface area is 71.3 Å². The third-order valence-corrected chi connectivity index (χ3v) is 1.33. The second-order valence-electron chi connectivity index (χ2n) is 2.33. The van der Waals surface area contributed by atoms with Crippen LogP contribution in [0.1, 0.15) is 0 Å². The van der Waals surface area contributed by atoms with Crippen LogP contribution in [0.15, 0.2) is 17.6 Å². The Kier molecular flexibility index (Phi) is 3.19. The lowest BCUT2D eigenvalue weighted by Gasteiger charge is -1.99. The monoisotopic (exact) mass is 165 g/mol. The molecule has 0 atom stereocenters. The van der Waals surface area contributed by atoms with Crippen LogP contribution in [0.5, 0.6) is 0 Å². The number of carbonyl (C=O) groups excluding carboxylic acids is 1. The molecule has 63 valence electrons. The van der Waals surface area contributed by atoms with Crippen LogP contribution in [0, 0.1) is 6.54 Å². The summed E-state index contributed by atoms with van der Waals surface area (Å²) in [6, 6.07) is 0. The number of aliphatic imine (C=N–C) groups is 1. The van der Waals surface area contributed by atoms with Crippen molar-refractivity contribution in [1.82, 2.24) is 5.32 Å². The Morgan fingerprint density at radius 2 is 2.58 bits per heavy atom. The molecule has 12 heavy (non-hydrogen) atoms. The summed E-state index contributed by atoms with van der Waals surface area (Å²) >= 11 is 0. The van der Waals surface area contributed by atoms with Gasteiger partial charge in [-0.25, -0.2) is 4.58 Å². The van der Waals surface area contributed by atoms with Gasteiger partial charge in [-0.3, -0.25) is 4.79 Å². The highest BCUT2D eigenvalue weighted by molar-refractivity contribution is 5.82. The van der Waals surface area contributed by atoms with Crippen molar-refractivity contribution in [3.63, 3.8) is 0 Å². The molecule has 4 heteroatoms. The summed E-state index contributed by atoms with van der Waals surface area (Å²) in [6.45, 7) is 6.06. The second kappa shape index (κ2) is 4.43. The summed E-state index contributed by atoms with van der Waals surface area (Å²) in [5.41, 5.74) is 0. The summed E-state index contributed by atoms with van der Waals surface area (Å²) in [4.78, 5) is 14.9. The molecule has 1 radical (unpaired) electrons. The molecule has 0 aromatic carbocycles. The topological polar surface area (TPSA) is 44.5 Å². The van der Waals surface area contributed by atoms with Crippen molar-refractivity contribution in [3.05, 3.63) is 19.2 Å². The largest absolute Gasteiger partial charge is 0.349 e. The highest BCUT2D eigenvalue weighted by Gasteiger charge is 2.11. The summed E-state index contributed by atoms with van der Waals surface area (Å²) in [7, 11) is 0. The molecule has 0 aliphatic carbocycles. The third-order valence-electron chi connectivity index (χ3n) is 1.33. The fourth-order valence-electron chi connectivity index (χ4n) is 0.788. The Bertz CT molecular complexity index is 243. The van der Waals surface area contributed by atoms with E-state index in [0.717, 1.165) is 0 Å². The molecule has 1 aliphatic heterocycles. The van der Waals surface area contributed by atoms with Crippen molar-refractivity contribution < 1.29 is 9.37 Å². The van der Waals surface area contributed by atoms with E-state index in [1.807, 2.05) is 0 Å². The number of rotatable bonds is 4. The number of nitrogens with one attached hydrogen (secondary N) is 1. The smallest absolute Gasteiger partial charge is 0.282 e. The summed E-state index contributed by atoms with van der Waals surface area (Å²) in [6.07, 6.45) is 4.89. The Morgan fingerprint density at radius 3 is 3.17 bits per heavy atom. The zero-order valence-corrected chi connectivity index (χ0v) is 6.73. The number of amides is 1. The Balaban J connectivity index is 2.22. The van der Waals surface area contributed by atoms with Crippen LogP contribution in [0.4, 0.5) is 0 Å². The van der Waals surface area contributed by atoms with Crippen LogP contribution >= 0.6 is 0 Å². The van der Waals surface area contributed by atoms with Gasteiger partial charge >= 0.3 is 0 Å². The minimum Gasteiger partial charge on any atom is -0.349 e. The van der Waals surface area contributed by atoms with Crippen molar-refractivity contribution in [2.75, 3.05) is 13.1 Å². The van der Waals surface area contributed by atoms with Crippen LogP contribution in [0.2, 0.25) is 0 Å². The van der Waals surface area contributed by atoms with Crippen LogP contribution in [-0.2, 0) is 4.79 Å². The Morgan fingerprint density at radius 1 is 1.75 bits per heavy atom. The SMILES string of the molecule is C=CCNC(=O)C[N+]1=CN=C[CH]1. The standard InChI is InChI=1S/C8H11N3O/c1-2-3-10-8(12)6-11-5-4-9-7-11/h2,4-5,7H,1,3,6H2,(H,10,12)/q+1. The highest BCUT2D eigenvalue weighted by Crippen LogP contribution is 1.85. The predicted molar refractivity (Wildman–Crippen MR) is 47.2 cm³/mol. The fraction of sp³-hybridized carbons (Fsp3) is 0.250. The minimum absolute atomic E-state index is 0.0344. The average Bonchev–Trinajstić information content (AvgIpc) is 2.53. The lowest BCUT2D eigenvalue weighted by atomic mass is 10.5. The third kappa shape index (κ3) is 2.65. The van der Waals surface area contributed by atoms with Gasteiger partial charge in [-0.15, -0.1) is 6.58 Å². The molecule has 0 aromatic heterocycles. The van der Waals surface area contributed by atoms with E-state index in [1.165, 1.54) is 0 Å². The van der Waals surface area contributed by atoms with E-state index in [4.69, 9.17) is 0 Å². The van der Waals surface area contributed by atoms with E-state index < -0.39 is 0 Å². The van der Waals surface area contributed by atoms with E-state index in [1.54, 1.807) is 29.7 Å². The first-order valence-electron chi connectivity index (χ1n) is 3.66. The lowest BCUT2D eigenvalue weighted by Crippen LogP contribution is -2.31. The first kappa shape index (κ1) is 8.64. The van der Waals surface area contributed by atoms with Gasteiger partial charge in [-0.1, -0.05) is 11.1 Å². The molecule has 1 amide bonds. The van der Waals surface area contributed by atoms with Crippen molar-refractivity contribution in [1.29, 1.82) is 0 Å². The normalized spacial score (nSPS) is 14.2. The summed E-state index contributed by atoms with van der Waals surface area (Å²) in [5.74, 6) is -0.0344. The molecule has 0 spiro atoms. The second-order valence-corrected chi connectivity index (χ2v) is 2.33. The number of carbonyl (C=O) groups is 1. The van der Waals surface area contributed by atoms with E-state index in [9.17, 15) is 4.79 Å². The predicted octanol–water partition coefficient (Wildman–Crippen LogP) is -0.424. The minimum atomic E-state index is -0.0344. The van der Waals surface area contributed by atoms with E-state index in [-0.39, 0.29) is 5.91 Å². The lowest BCUT2D eigenvalue weighted by molar-refractivity contribution is -0.457. The maximum atomic E-state index is 11.1. The maximum absolute atomic E-state index is 11.1. The highest BCUT2D eigenvalue weighted by atomic mass is 16.1. The van der Waals surface area contributed by atoms with Crippen molar-refractivity contribution in [2.24, 2.45) is 4.99 Å². The first-order valence-corrected chi connectivity index (χ1v) is 3.66. The molecule has 4 nitrogen and oxygen atoms in total. The molecule has 0 unspecified atom stereocenters.